The van der Waals surface area contributed by atoms with Crippen molar-refractivity contribution in [3.63, 3.8) is 0 Å². The highest BCUT2D eigenvalue weighted by molar-refractivity contribution is 7.89. The van der Waals surface area contributed by atoms with Crippen LogP contribution in [0.5, 0.6) is 5.75 Å². The van der Waals surface area contributed by atoms with Gasteiger partial charge in [-0.2, -0.15) is 17.5 Å². The lowest BCUT2D eigenvalue weighted by molar-refractivity contribution is -0.137. The van der Waals surface area contributed by atoms with Crippen molar-refractivity contribution in [2.24, 2.45) is 0 Å². The van der Waals surface area contributed by atoms with E-state index in [0.717, 1.165) is 25.0 Å². The monoisotopic (exact) mass is 456 g/mol. The average molecular weight is 456 g/mol. The quantitative estimate of drug-likeness (QED) is 0.664. The van der Waals surface area contributed by atoms with Gasteiger partial charge in [0.05, 0.1) is 12.7 Å². The van der Waals surface area contributed by atoms with Gasteiger partial charge in [0.2, 0.25) is 10.0 Å². The topological polar surface area (TPSA) is 66.9 Å². The van der Waals surface area contributed by atoms with E-state index < -0.39 is 27.7 Å². The Balaban J connectivity index is 1.82. The fourth-order valence-corrected chi connectivity index (χ4v) is 5.14. The maximum atomic E-state index is 13.0. The van der Waals surface area contributed by atoms with Gasteiger partial charge in [0, 0.05) is 32.2 Å². The van der Waals surface area contributed by atoms with Gasteiger partial charge in [-0.3, -0.25) is 4.79 Å². The Kier molecular flexibility index (Phi) is 6.61. The zero-order valence-corrected chi connectivity index (χ0v) is 18.0. The van der Waals surface area contributed by atoms with Crippen LogP contribution in [0, 0.1) is 0 Å². The molecule has 1 fully saturated rings. The Labute approximate surface area is 179 Å². The maximum absolute atomic E-state index is 13.0. The number of halogens is 3. The molecule has 0 spiro atoms. The summed E-state index contributed by atoms with van der Waals surface area (Å²) in [7, 11) is -0.953. The van der Waals surface area contributed by atoms with Crippen molar-refractivity contribution in [3.8, 4) is 5.75 Å². The van der Waals surface area contributed by atoms with Crippen molar-refractivity contribution < 1.29 is 31.1 Å². The highest BCUT2D eigenvalue weighted by Crippen LogP contribution is 2.31. The molecule has 0 N–H and O–H groups in total. The van der Waals surface area contributed by atoms with Crippen LogP contribution in [-0.4, -0.2) is 50.8 Å². The summed E-state index contributed by atoms with van der Waals surface area (Å²) in [5, 5.41) is 0. The summed E-state index contributed by atoms with van der Waals surface area (Å²) in [6, 6.07) is 8.73. The minimum absolute atomic E-state index is 0.0667. The molecule has 31 heavy (non-hydrogen) atoms. The molecular formula is C21H23F3N2O4S. The third-order valence-corrected chi connectivity index (χ3v) is 7.06. The van der Waals surface area contributed by atoms with Gasteiger partial charge in [-0.1, -0.05) is 12.1 Å². The second-order valence-corrected chi connectivity index (χ2v) is 9.24. The largest absolute Gasteiger partial charge is 0.495 e. The predicted molar refractivity (Wildman–Crippen MR) is 108 cm³/mol. The molecule has 0 bridgehead atoms. The lowest BCUT2D eigenvalue weighted by Crippen LogP contribution is -2.29. The van der Waals surface area contributed by atoms with Gasteiger partial charge in [0.25, 0.3) is 5.91 Å². The summed E-state index contributed by atoms with van der Waals surface area (Å²) in [4.78, 5) is 14.1. The molecule has 0 aromatic heterocycles. The first-order valence-electron chi connectivity index (χ1n) is 9.64. The smallest absolute Gasteiger partial charge is 0.416 e. The molecule has 6 nitrogen and oxygen atoms in total. The van der Waals surface area contributed by atoms with Crippen LogP contribution in [0.1, 0.15) is 34.3 Å². The normalized spacial score (nSPS) is 15.1. The van der Waals surface area contributed by atoms with E-state index in [-0.39, 0.29) is 22.8 Å². The number of ether oxygens (including phenoxy) is 1. The van der Waals surface area contributed by atoms with E-state index in [1.54, 1.807) is 0 Å². The van der Waals surface area contributed by atoms with Crippen LogP contribution in [-0.2, 0) is 22.7 Å². The fourth-order valence-electron chi connectivity index (χ4n) is 3.44. The van der Waals surface area contributed by atoms with Crippen molar-refractivity contribution >= 4 is 15.9 Å². The van der Waals surface area contributed by atoms with Crippen molar-refractivity contribution in [3.05, 3.63) is 59.2 Å². The first-order chi connectivity index (χ1) is 14.5. The van der Waals surface area contributed by atoms with Crippen molar-refractivity contribution in [1.82, 2.24) is 9.21 Å². The summed E-state index contributed by atoms with van der Waals surface area (Å²) in [5.41, 5.74) is -0.104. The minimum Gasteiger partial charge on any atom is -0.495 e. The van der Waals surface area contributed by atoms with E-state index >= 15 is 0 Å². The first kappa shape index (κ1) is 23.1. The number of amides is 1. The van der Waals surface area contributed by atoms with E-state index in [2.05, 4.69) is 0 Å². The molecule has 0 radical (unpaired) electrons. The number of methoxy groups -OCH3 is 1. The van der Waals surface area contributed by atoms with Gasteiger partial charge >= 0.3 is 6.18 Å². The minimum atomic E-state index is -4.43. The fraction of sp³-hybridized carbons (Fsp3) is 0.381. The zero-order valence-electron chi connectivity index (χ0n) is 17.1. The second kappa shape index (κ2) is 8.88. The van der Waals surface area contributed by atoms with E-state index in [4.69, 9.17) is 4.74 Å². The van der Waals surface area contributed by atoms with Gasteiger partial charge < -0.3 is 9.64 Å². The van der Waals surface area contributed by atoms with E-state index in [9.17, 15) is 26.4 Å². The van der Waals surface area contributed by atoms with Crippen LogP contribution in [0.4, 0.5) is 13.2 Å². The SMILES string of the molecule is COc1ccc(C(=O)N(C)Cc2ccc(C(F)(F)F)cc2)cc1S(=O)(=O)N1CCCC1. The van der Waals surface area contributed by atoms with E-state index in [0.29, 0.717) is 18.7 Å². The lowest BCUT2D eigenvalue weighted by Gasteiger charge is -2.20. The Morgan fingerprint density at radius 1 is 1.10 bits per heavy atom. The van der Waals surface area contributed by atoms with Crippen molar-refractivity contribution in [2.45, 2.75) is 30.5 Å². The molecule has 0 aliphatic carbocycles. The number of carbonyl (C=O) groups is 1. The number of nitrogens with zero attached hydrogens (tertiary/aromatic N) is 2. The first-order valence-corrected chi connectivity index (χ1v) is 11.1. The number of hydrogen-bond donors (Lipinski definition) is 0. The van der Waals surface area contributed by atoms with Crippen LogP contribution < -0.4 is 4.74 Å². The number of benzene rings is 2. The summed E-state index contributed by atoms with van der Waals surface area (Å²) < 4.78 is 70.7. The molecule has 0 atom stereocenters. The van der Waals surface area contributed by atoms with E-state index in [1.807, 2.05) is 0 Å². The third kappa shape index (κ3) is 5.01. The molecule has 1 aliphatic heterocycles. The van der Waals surface area contributed by atoms with Gasteiger partial charge in [-0.25, -0.2) is 8.42 Å². The summed E-state index contributed by atoms with van der Waals surface area (Å²) in [6.45, 7) is 0.895. The van der Waals surface area contributed by atoms with Crippen LogP contribution >= 0.6 is 0 Å². The summed E-state index contributed by atoms with van der Waals surface area (Å²) >= 11 is 0. The highest BCUT2D eigenvalue weighted by atomic mass is 32.2. The maximum Gasteiger partial charge on any atom is 0.416 e. The standard InChI is InChI=1S/C21H23F3N2O4S/c1-25(14-15-5-8-17(9-6-15)21(22,23)24)20(27)16-7-10-18(30-2)19(13-16)31(28,29)26-11-3-4-12-26/h5-10,13H,3-4,11-12,14H2,1-2H3. The Hall–Kier alpha value is -2.59. The number of sulfonamides is 1. The molecule has 10 heteroatoms. The molecule has 168 valence electrons. The number of rotatable bonds is 6. The third-order valence-electron chi connectivity index (χ3n) is 5.14. The van der Waals surface area contributed by atoms with Gasteiger partial charge in [-0.05, 0) is 48.7 Å². The Bertz CT molecular complexity index is 1050. The molecule has 1 aliphatic rings. The Morgan fingerprint density at radius 2 is 1.71 bits per heavy atom. The van der Waals surface area contributed by atoms with Crippen LogP contribution in [0.25, 0.3) is 0 Å². The molecule has 2 aromatic carbocycles. The van der Waals surface area contributed by atoms with Crippen LogP contribution in [0.15, 0.2) is 47.4 Å². The molecule has 0 saturated carbocycles. The molecule has 3 rings (SSSR count). The summed E-state index contributed by atoms with van der Waals surface area (Å²) in [5.74, 6) is -0.311. The van der Waals surface area contributed by atoms with Crippen molar-refractivity contribution in [2.75, 3.05) is 27.2 Å². The molecular weight excluding hydrogens is 433 g/mol. The second-order valence-electron chi connectivity index (χ2n) is 7.33. The molecule has 0 unspecified atom stereocenters. The van der Waals surface area contributed by atoms with Crippen molar-refractivity contribution in [1.29, 1.82) is 0 Å². The predicted octanol–water partition coefficient (Wildman–Crippen LogP) is 3.77. The van der Waals surface area contributed by atoms with Gasteiger partial charge in [0.1, 0.15) is 10.6 Å². The molecule has 2 aromatic rings. The summed E-state index contributed by atoms with van der Waals surface area (Å²) in [6.07, 6.45) is -2.88. The van der Waals surface area contributed by atoms with Crippen LogP contribution in [0.3, 0.4) is 0 Å². The zero-order chi connectivity index (χ0) is 22.8. The molecule has 1 heterocycles. The lowest BCUT2D eigenvalue weighted by atomic mass is 10.1. The highest BCUT2D eigenvalue weighted by Gasteiger charge is 2.31. The van der Waals surface area contributed by atoms with E-state index in [1.165, 1.54) is 53.7 Å². The van der Waals surface area contributed by atoms with Gasteiger partial charge in [0.15, 0.2) is 0 Å². The number of carbonyl (C=O) groups excluding carboxylic acids is 1. The average Bonchev–Trinajstić information content (AvgIpc) is 3.28. The Morgan fingerprint density at radius 3 is 2.26 bits per heavy atom. The molecule has 1 amide bonds. The van der Waals surface area contributed by atoms with Crippen LogP contribution in [0.2, 0.25) is 0 Å². The van der Waals surface area contributed by atoms with Gasteiger partial charge in [-0.15, -0.1) is 0 Å². The molecule has 1 saturated heterocycles. The number of alkyl halides is 3. The number of hydrogen-bond acceptors (Lipinski definition) is 4.